The van der Waals surface area contributed by atoms with Crippen LogP contribution in [0.2, 0.25) is 0 Å². The number of carbonyl (C=O) groups excluding carboxylic acids is 2. The van der Waals surface area contributed by atoms with Crippen molar-refractivity contribution in [2.24, 2.45) is 0 Å². The number of furan rings is 1. The highest BCUT2D eigenvalue weighted by atomic mass is 32.2. The minimum absolute atomic E-state index is 0.0163. The van der Waals surface area contributed by atoms with Crippen molar-refractivity contribution in [3.05, 3.63) is 82.3 Å². The quantitative estimate of drug-likeness (QED) is 0.240. The van der Waals surface area contributed by atoms with E-state index in [0.29, 0.717) is 5.76 Å². The number of nitrogens with one attached hydrogen (secondary N) is 2. The molecule has 12 nitrogen and oxygen atoms in total. The number of hydrogen-bond acceptors (Lipinski definition) is 9. The molecule has 0 aliphatic heterocycles. The fraction of sp³-hybridized carbons (Fsp3) is 0.182. The van der Waals surface area contributed by atoms with Gasteiger partial charge in [0.05, 0.1) is 41.0 Å². The molecule has 0 saturated carbocycles. The molecule has 1 amide bonds. The lowest BCUT2D eigenvalue weighted by Gasteiger charge is -2.15. The number of nitro groups is 1. The summed E-state index contributed by atoms with van der Waals surface area (Å²) < 4.78 is 42.5. The molecule has 184 valence electrons. The molecule has 0 saturated heterocycles. The van der Waals surface area contributed by atoms with Gasteiger partial charge in [-0.2, -0.15) is 0 Å². The van der Waals surface area contributed by atoms with Crippen LogP contribution in [0.4, 0.5) is 11.4 Å². The lowest BCUT2D eigenvalue weighted by molar-refractivity contribution is -0.384. The molecule has 0 bridgehead atoms. The van der Waals surface area contributed by atoms with Crippen LogP contribution < -0.4 is 14.8 Å². The molecule has 2 aromatic carbocycles. The predicted octanol–water partition coefficient (Wildman–Crippen LogP) is 2.86. The molecule has 3 aromatic rings. The van der Waals surface area contributed by atoms with Crippen LogP contribution in [-0.2, 0) is 26.1 Å². The molecule has 35 heavy (non-hydrogen) atoms. The Morgan fingerprint density at radius 1 is 1.14 bits per heavy atom. The van der Waals surface area contributed by atoms with Gasteiger partial charge in [0.2, 0.25) is 10.0 Å². The van der Waals surface area contributed by atoms with E-state index in [9.17, 15) is 28.1 Å². The second-order valence-corrected chi connectivity index (χ2v) is 8.87. The van der Waals surface area contributed by atoms with Crippen LogP contribution >= 0.6 is 0 Å². The van der Waals surface area contributed by atoms with Crippen molar-refractivity contribution in [1.29, 1.82) is 0 Å². The van der Waals surface area contributed by atoms with Crippen LogP contribution in [0, 0.1) is 10.1 Å². The smallest absolute Gasteiger partial charge is 0.338 e. The van der Waals surface area contributed by atoms with Crippen molar-refractivity contribution in [1.82, 2.24) is 4.72 Å². The van der Waals surface area contributed by atoms with Crippen LogP contribution in [0.1, 0.15) is 23.0 Å². The van der Waals surface area contributed by atoms with Crippen LogP contribution in [0.3, 0.4) is 0 Å². The van der Waals surface area contributed by atoms with E-state index in [0.717, 1.165) is 6.07 Å². The average Bonchev–Trinajstić information content (AvgIpc) is 3.36. The maximum atomic E-state index is 12.5. The standard InChI is InChI=1S/C22H21N3O9S/c1-14(21(26)24-19-12-16(25(28)29)7-10-20(19)32-2)34-22(27)15-5-8-18(9-6-15)35(30,31)23-13-17-4-3-11-33-17/h3-12,14,23H,13H2,1-2H3,(H,24,26)/t14-/m0/s1. The van der Waals surface area contributed by atoms with E-state index in [1.165, 1.54) is 56.7 Å². The third kappa shape index (κ3) is 6.43. The lowest BCUT2D eigenvalue weighted by Crippen LogP contribution is -2.30. The van der Waals surface area contributed by atoms with E-state index in [2.05, 4.69) is 10.0 Å². The van der Waals surface area contributed by atoms with E-state index in [1.54, 1.807) is 12.1 Å². The maximum absolute atomic E-state index is 12.5. The lowest BCUT2D eigenvalue weighted by atomic mass is 10.2. The van der Waals surface area contributed by atoms with E-state index in [4.69, 9.17) is 13.9 Å². The normalized spacial score (nSPS) is 11.9. The molecule has 3 rings (SSSR count). The Labute approximate surface area is 200 Å². The second kappa shape index (κ2) is 10.8. The van der Waals surface area contributed by atoms with E-state index in [1.807, 2.05) is 0 Å². The van der Waals surface area contributed by atoms with Gasteiger partial charge in [-0.25, -0.2) is 17.9 Å². The molecule has 0 unspecified atom stereocenters. The number of rotatable bonds is 10. The number of benzene rings is 2. The molecule has 0 spiro atoms. The summed E-state index contributed by atoms with van der Waals surface area (Å²) in [4.78, 5) is 35.2. The van der Waals surface area contributed by atoms with Gasteiger partial charge in [0, 0.05) is 12.1 Å². The highest BCUT2D eigenvalue weighted by Gasteiger charge is 2.22. The Morgan fingerprint density at radius 3 is 2.46 bits per heavy atom. The molecular weight excluding hydrogens is 482 g/mol. The van der Waals surface area contributed by atoms with Crippen molar-refractivity contribution in [3.8, 4) is 5.75 Å². The van der Waals surface area contributed by atoms with E-state index < -0.39 is 32.9 Å². The van der Waals surface area contributed by atoms with Crippen molar-refractivity contribution in [2.75, 3.05) is 12.4 Å². The third-order valence-electron chi connectivity index (χ3n) is 4.72. The topological polar surface area (TPSA) is 167 Å². The van der Waals surface area contributed by atoms with E-state index in [-0.39, 0.29) is 34.1 Å². The second-order valence-electron chi connectivity index (χ2n) is 7.11. The highest BCUT2D eigenvalue weighted by molar-refractivity contribution is 7.89. The number of anilines is 1. The predicted molar refractivity (Wildman–Crippen MR) is 122 cm³/mol. The first-order valence-electron chi connectivity index (χ1n) is 10.1. The Morgan fingerprint density at radius 2 is 1.86 bits per heavy atom. The number of carbonyl (C=O) groups is 2. The van der Waals surface area contributed by atoms with Gasteiger partial charge >= 0.3 is 5.97 Å². The summed E-state index contributed by atoms with van der Waals surface area (Å²) in [5.41, 5.74) is -0.215. The third-order valence-corrected chi connectivity index (χ3v) is 6.14. The number of amides is 1. The Bertz CT molecular complexity index is 1320. The van der Waals surface area contributed by atoms with Gasteiger partial charge < -0.3 is 19.2 Å². The van der Waals surface area contributed by atoms with Crippen molar-refractivity contribution >= 4 is 33.3 Å². The zero-order chi connectivity index (χ0) is 25.6. The van der Waals surface area contributed by atoms with Crippen molar-refractivity contribution < 1.29 is 36.8 Å². The Kier molecular flexibility index (Phi) is 7.83. The van der Waals surface area contributed by atoms with Crippen LogP contribution in [-0.4, -0.2) is 38.4 Å². The minimum Gasteiger partial charge on any atom is -0.495 e. The summed E-state index contributed by atoms with van der Waals surface area (Å²) in [7, 11) is -2.52. The first-order chi connectivity index (χ1) is 16.6. The first-order valence-corrected chi connectivity index (χ1v) is 11.6. The van der Waals surface area contributed by atoms with Gasteiger partial charge in [-0.05, 0) is 49.4 Å². The monoisotopic (exact) mass is 503 g/mol. The minimum atomic E-state index is -3.85. The number of ether oxygens (including phenoxy) is 2. The van der Waals surface area contributed by atoms with E-state index >= 15 is 0 Å². The number of methoxy groups -OCH3 is 1. The van der Waals surface area contributed by atoms with Gasteiger partial charge in [-0.1, -0.05) is 0 Å². The summed E-state index contributed by atoms with van der Waals surface area (Å²) in [5.74, 6) is -1.01. The molecule has 0 fully saturated rings. The molecule has 13 heteroatoms. The maximum Gasteiger partial charge on any atom is 0.338 e. The number of hydrogen-bond donors (Lipinski definition) is 2. The van der Waals surface area contributed by atoms with Gasteiger partial charge in [0.1, 0.15) is 11.5 Å². The summed E-state index contributed by atoms with van der Waals surface area (Å²) in [6, 6.07) is 11.8. The average molecular weight is 503 g/mol. The Hall–Kier alpha value is -4.23. The van der Waals surface area contributed by atoms with Crippen LogP contribution in [0.5, 0.6) is 5.75 Å². The number of esters is 1. The van der Waals surface area contributed by atoms with Gasteiger partial charge in [-0.15, -0.1) is 0 Å². The van der Waals surface area contributed by atoms with Gasteiger partial charge in [0.25, 0.3) is 11.6 Å². The summed E-state index contributed by atoms with van der Waals surface area (Å²) in [5, 5.41) is 13.4. The van der Waals surface area contributed by atoms with Crippen molar-refractivity contribution in [2.45, 2.75) is 24.5 Å². The van der Waals surface area contributed by atoms with Crippen molar-refractivity contribution in [3.63, 3.8) is 0 Å². The molecule has 1 atom stereocenters. The number of non-ortho nitro benzene ring substituents is 1. The number of sulfonamides is 1. The van der Waals surface area contributed by atoms with Crippen LogP contribution in [0.15, 0.2) is 70.2 Å². The Balaban J connectivity index is 1.62. The molecular formula is C22H21N3O9S. The van der Waals surface area contributed by atoms with Gasteiger partial charge in [0.15, 0.2) is 6.10 Å². The molecule has 0 aliphatic rings. The first kappa shape index (κ1) is 25.4. The fourth-order valence-electron chi connectivity index (χ4n) is 2.86. The zero-order valence-corrected chi connectivity index (χ0v) is 19.4. The highest BCUT2D eigenvalue weighted by Crippen LogP contribution is 2.29. The summed E-state index contributed by atoms with van der Waals surface area (Å²) in [6.07, 6.45) is 0.149. The largest absolute Gasteiger partial charge is 0.495 e. The summed E-state index contributed by atoms with van der Waals surface area (Å²) >= 11 is 0. The molecule has 0 aliphatic carbocycles. The molecule has 0 radical (unpaired) electrons. The van der Waals surface area contributed by atoms with Crippen LogP contribution in [0.25, 0.3) is 0 Å². The molecule has 2 N–H and O–H groups in total. The number of nitrogens with zero attached hydrogens (tertiary/aromatic N) is 1. The summed E-state index contributed by atoms with van der Waals surface area (Å²) in [6.45, 7) is 1.27. The SMILES string of the molecule is COc1ccc([N+](=O)[O-])cc1NC(=O)[C@H](C)OC(=O)c1ccc(S(=O)(=O)NCc2ccco2)cc1. The van der Waals surface area contributed by atoms with Gasteiger partial charge in [-0.3, -0.25) is 14.9 Å². The fourth-order valence-corrected chi connectivity index (χ4v) is 3.85. The number of nitro benzene ring substituents is 1. The zero-order valence-electron chi connectivity index (χ0n) is 18.6. The molecule has 1 aromatic heterocycles. The molecule has 1 heterocycles.